The third kappa shape index (κ3) is 10.2. The van der Waals surface area contributed by atoms with Gasteiger partial charge in [0.05, 0.1) is 11.4 Å². The third-order valence-electron chi connectivity index (χ3n) is 16.7. The van der Waals surface area contributed by atoms with Gasteiger partial charge in [0, 0.05) is 70.1 Å². The molecular formula is C63H81F2HfNO2-2. The topological polar surface area (TPSA) is 53.4 Å². The summed E-state index contributed by atoms with van der Waals surface area (Å²) in [5.74, 6) is 0.987. The van der Waals surface area contributed by atoms with Gasteiger partial charge in [-0.2, -0.15) is 0 Å². The van der Waals surface area contributed by atoms with Gasteiger partial charge in [-0.1, -0.05) is 113 Å². The monoisotopic (exact) mass is 1100 g/mol. The molecule has 69 heavy (non-hydrogen) atoms. The maximum atomic E-state index is 16.4. The summed E-state index contributed by atoms with van der Waals surface area (Å²) in [6, 6.07) is 24.8. The normalized spacial score (nSPS) is 27.8. The number of hydrogen-bond donors (Lipinski definition) is 2. The summed E-state index contributed by atoms with van der Waals surface area (Å²) in [7, 11) is 0. The van der Waals surface area contributed by atoms with E-state index in [-0.39, 0.29) is 108 Å². The largest absolute Gasteiger partial charge is 0.507 e. The van der Waals surface area contributed by atoms with Crippen LogP contribution in [-0.4, -0.2) is 15.2 Å². The Morgan fingerprint density at radius 2 is 0.870 bits per heavy atom. The van der Waals surface area contributed by atoms with Crippen molar-refractivity contribution in [1.82, 2.24) is 4.98 Å². The predicted molar refractivity (Wildman–Crippen MR) is 282 cm³/mol. The first-order chi connectivity index (χ1) is 30.8. The van der Waals surface area contributed by atoms with Crippen molar-refractivity contribution in [3.8, 4) is 56.3 Å². The van der Waals surface area contributed by atoms with Gasteiger partial charge in [-0.3, -0.25) is 0 Å². The molecule has 4 aliphatic carbocycles. The number of fused-ring (bicyclic) bond motifs is 4. The number of nitrogens with zero attached hydrogens (tertiary/aromatic N) is 1. The fraction of sp³-hybridized carbons (Fsp3) is 0.508. The second-order valence-corrected chi connectivity index (χ2v) is 25.6. The standard InChI is InChI=1S/C61H75F2NO2.2CH3.Hf/c1-36(2)40-16-18-44(48-22-42(62)24-50(54(48)65)60-28-38(5)26-58(11,34-60)30-56(7,8)32-60)46(20-40)52-14-13-15-53(64-52)47-21-41(37(3)4)17-19-45(47)49-23-43(63)25-51(55(49)66)61-29-39(6)27-59(12,35-61)31-57(9,10)33-61;;;/h13-25,36-39,65-66H,26-35H2,1-12H3;2*1H3;/q;2*-1;. The molecule has 2 N–H and O–H groups in total. The molecule has 0 aliphatic heterocycles. The van der Waals surface area contributed by atoms with Crippen LogP contribution in [0.15, 0.2) is 78.9 Å². The van der Waals surface area contributed by atoms with E-state index in [1.54, 1.807) is 12.1 Å². The Labute approximate surface area is 434 Å². The molecule has 6 atom stereocenters. The van der Waals surface area contributed by atoms with Gasteiger partial charge in [0.2, 0.25) is 0 Å². The van der Waals surface area contributed by atoms with E-state index in [2.05, 4.69) is 107 Å². The summed E-state index contributed by atoms with van der Waals surface area (Å²) < 4.78 is 32.7. The number of phenols is 2. The van der Waals surface area contributed by atoms with E-state index in [4.69, 9.17) is 4.98 Å². The second kappa shape index (κ2) is 19.1. The molecule has 0 saturated heterocycles. The average Bonchev–Trinajstić information content (AvgIpc) is 3.19. The van der Waals surface area contributed by atoms with E-state index in [1.165, 1.54) is 12.1 Å². The minimum absolute atomic E-state index is 0. The average molecular weight is 1100 g/mol. The van der Waals surface area contributed by atoms with Crippen LogP contribution < -0.4 is 0 Å². The Morgan fingerprint density at radius 1 is 0.493 bits per heavy atom. The third-order valence-corrected chi connectivity index (χ3v) is 16.7. The van der Waals surface area contributed by atoms with Gasteiger partial charge in [0.25, 0.3) is 0 Å². The first kappa shape index (κ1) is 54.7. The molecule has 3 nitrogen and oxygen atoms in total. The Balaban J connectivity index is 0.00000261. The van der Waals surface area contributed by atoms with Crippen LogP contribution in [0.3, 0.4) is 0 Å². The molecule has 4 aromatic carbocycles. The Hall–Kier alpha value is -3.64. The molecule has 4 fully saturated rings. The van der Waals surface area contributed by atoms with Crippen LogP contribution in [0, 0.1) is 60.0 Å². The molecule has 9 rings (SSSR count). The number of phenolic OH excluding ortho intramolecular Hbond substituents is 2. The van der Waals surface area contributed by atoms with Crippen LogP contribution in [0.25, 0.3) is 44.8 Å². The van der Waals surface area contributed by atoms with Gasteiger partial charge in [-0.15, -0.1) is 0 Å². The quantitative estimate of drug-likeness (QED) is 0.120. The zero-order valence-electron chi connectivity index (χ0n) is 44.5. The van der Waals surface area contributed by atoms with Crippen LogP contribution in [0.4, 0.5) is 8.78 Å². The number of benzene rings is 4. The fourth-order valence-electron chi connectivity index (χ4n) is 16.4. The molecule has 4 aliphatic rings. The van der Waals surface area contributed by atoms with Crippen molar-refractivity contribution >= 4 is 0 Å². The molecule has 5 aromatic rings. The van der Waals surface area contributed by atoms with Crippen molar-refractivity contribution in [3.63, 3.8) is 0 Å². The fourth-order valence-corrected chi connectivity index (χ4v) is 16.4. The van der Waals surface area contributed by atoms with Gasteiger partial charge in [0.1, 0.15) is 23.1 Å². The van der Waals surface area contributed by atoms with Gasteiger partial charge in [-0.25, -0.2) is 13.8 Å². The number of halogens is 2. The molecule has 6 heteroatoms. The smallest absolute Gasteiger partial charge is 0.127 e. The van der Waals surface area contributed by atoms with E-state index >= 15 is 8.78 Å². The molecule has 4 bridgehead atoms. The Morgan fingerprint density at radius 3 is 1.23 bits per heavy atom. The summed E-state index contributed by atoms with van der Waals surface area (Å²) in [6.07, 6.45) is 10.0. The van der Waals surface area contributed by atoms with Crippen LogP contribution in [-0.2, 0) is 36.7 Å². The van der Waals surface area contributed by atoms with E-state index in [1.807, 2.05) is 30.3 Å². The SMILES string of the molecule is CC1CC2(C)CC(C)(C)CC(c3cc(F)cc(-c4ccc(C(C)C)cc4-c4cccc(-c5cc(C(C)C)ccc5-c5cc(F)cc(C67CC(C)CC(C)(CC(C)(C)C6)C7)c5O)n4)c3O)(C1)C2.[CH3-].[CH3-].[Hf]. The van der Waals surface area contributed by atoms with E-state index < -0.39 is 0 Å². The minimum Gasteiger partial charge on any atom is -0.507 e. The summed E-state index contributed by atoms with van der Waals surface area (Å²) in [6.45, 7) is 27.5. The first-order valence-corrected chi connectivity index (χ1v) is 25.1. The number of rotatable bonds is 8. The Kier molecular flexibility index (Phi) is 15.1. The number of hydrogen-bond acceptors (Lipinski definition) is 3. The van der Waals surface area contributed by atoms with Crippen LogP contribution in [0.1, 0.15) is 181 Å². The molecular weight excluding hydrogens is 1020 g/mol. The summed E-state index contributed by atoms with van der Waals surface area (Å²) in [5, 5.41) is 25.3. The molecule has 0 amide bonds. The van der Waals surface area contributed by atoms with Gasteiger partial charge in [0.15, 0.2) is 0 Å². The van der Waals surface area contributed by atoms with Gasteiger partial charge < -0.3 is 25.1 Å². The molecule has 1 heterocycles. The summed E-state index contributed by atoms with van der Waals surface area (Å²) in [4.78, 5) is 5.44. The molecule has 0 spiro atoms. The van der Waals surface area contributed by atoms with Crippen molar-refractivity contribution in [2.24, 2.45) is 33.5 Å². The van der Waals surface area contributed by atoms with E-state index in [0.29, 0.717) is 34.4 Å². The maximum absolute atomic E-state index is 16.4. The second-order valence-electron chi connectivity index (χ2n) is 25.6. The van der Waals surface area contributed by atoms with Gasteiger partial charge >= 0.3 is 0 Å². The van der Waals surface area contributed by atoms with Crippen molar-refractivity contribution in [2.75, 3.05) is 0 Å². The molecule has 1 aromatic heterocycles. The number of aromatic nitrogens is 1. The zero-order chi connectivity index (χ0) is 47.5. The maximum Gasteiger partial charge on any atom is 0.127 e. The van der Waals surface area contributed by atoms with Crippen LogP contribution in [0.5, 0.6) is 11.5 Å². The zero-order valence-corrected chi connectivity index (χ0v) is 48.1. The van der Waals surface area contributed by atoms with Crippen molar-refractivity contribution < 1.29 is 44.8 Å². The predicted octanol–water partition coefficient (Wildman–Crippen LogP) is 18.4. The van der Waals surface area contributed by atoms with Crippen molar-refractivity contribution in [2.45, 2.75) is 170 Å². The van der Waals surface area contributed by atoms with Gasteiger partial charge in [-0.05, 0) is 180 Å². The van der Waals surface area contributed by atoms with E-state index in [9.17, 15) is 10.2 Å². The molecule has 6 unspecified atom stereocenters. The van der Waals surface area contributed by atoms with Crippen molar-refractivity contribution in [3.05, 3.63) is 128 Å². The molecule has 4 saturated carbocycles. The minimum atomic E-state index is -0.343. The van der Waals surface area contributed by atoms with Crippen LogP contribution in [0.2, 0.25) is 0 Å². The molecule has 0 radical (unpaired) electrons. The summed E-state index contributed by atoms with van der Waals surface area (Å²) in [5.41, 5.74) is 8.77. The van der Waals surface area contributed by atoms with E-state index in [0.717, 1.165) is 109 Å². The molecule has 370 valence electrons. The number of aromatic hydroxyl groups is 2. The van der Waals surface area contributed by atoms with Crippen LogP contribution >= 0.6 is 0 Å². The summed E-state index contributed by atoms with van der Waals surface area (Å²) >= 11 is 0. The number of pyridine rings is 1. The first-order valence-electron chi connectivity index (χ1n) is 25.1. The van der Waals surface area contributed by atoms with Crippen molar-refractivity contribution in [1.29, 1.82) is 0 Å². The Bertz CT molecular complexity index is 2530.